The number of nitro groups is 1. The van der Waals surface area contributed by atoms with Gasteiger partial charge in [0.1, 0.15) is 11.2 Å². The molecule has 2 rings (SSSR count). The summed E-state index contributed by atoms with van der Waals surface area (Å²) in [7, 11) is 0. The summed E-state index contributed by atoms with van der Waals surface area (Å²) < 4.78 is 43.4. The van der Waals surface area contributed by atoms with Crippen molar-refractivity contribution < 1.29 is 27.9 Å². The molecule has 0 spiro atoms. The van der Waals surface area contributed by atoms with Gasteiger partial charge >= 0.3 is 6.18 Å². The second-order valence-electron chi connectivity index (χ2n) is 4.87. The molecule has 9 heteroatoms. The predicted molar refractivity (Wildman–Crippen MR) is 67.0 cm³/mol. The van der Waals surface area contributed by atoms with Crippen molar-refractivity contribution in [3.63, 3.8) is 0 Å². The van der Waals surface area contributed by atoms with E-state index in [4.69, 9.17) is 4.74 Å². The van der Waals surface area contributed by atoms with E-state index in [9.17, 15) is 28.4 Å². The number of nitrogens with zero attached hydrogens (tertiary/aromatic N) is 1. The molecule has 1 fully saturated rings. The van der Waals surface area contributed by atoms with Crippen molar-refractivity contribution in [1.82, 2.24) is 0 Å². The highest BCUT2D eigenvalue weighted by atomic mass is 19.4. The molecule has 1 aliphatic rings. The van der Waals surface area contributed by atoms with Crippen molar-refractivity contribution in [1.29, 1.82) is 0 Å². The number of alkyl halides is 3. The average Bonchev–Trinajstić information content (AvgIpc) is 2.82. The Labute approximate surface area is 117 Å². The maximum atomic E-state index is 12.8. The molecule has 1 aliphatic heterocycles. The van der Waals surface area contributed by atoms with Gasteiger partial charge in [0.05, 0.1) is 11.5 Å². The number of halogens is 3. The Kier molecular flexibility index (Phi) is 4.06. The van der Waals surface area contributed by atoms with Crippen molar-refractivity contribution in [3.05, 3.63) is 33.9 Å². The SMILES string of the molecule is O=[N+]([O-])c1ccc(NCC2(O)CCOC2)cc1C(F)(F)F. The first-order valence-corrected chi connectivity index (χ1v) is 6.11. The lowest BCUT2D eigenvalue weighted by molar-refractivity contribution is -0.388. The highest BCUT2D eigenvalue weighted by molar-refractivity contribution is 5.55. The van der Waals surface area contributed by atoms with E-state index in [0.717, 1.165) is 6.07 Å². The van der Waals surface area contributed by atoms with Gasteiger partial charge in [-0.2, -0.15) is 13.2 Å². The third-order valence-corrected chi connectivity index (χ3v) is 3.20. The zero-order valence-electron chi connectivity index (χ0n) is 10.8. The van der Waals surface area contributed by atoms with E-state index in [0.29, 0.717) is 19.1 Å². The second-order valence-corrected chi connectivity index (χ2v) is 4.87. The van der Waals surface area contributed by atoms with Crippen molar-refractivity contribution in [2.24, 2.45) is 0 Å². The minimum Gasteiger partial charge on any atom is -0.386 e. The highest BCUT2D eigenvalue weighted by Crippen LogP contribution is 2.37. The summed E-state index contributed by atoms with van der Waals surface area (Å²) in [5, 5.41) is 23.3. The van der Waals surface area contributed by atoms with Crippen LogP contribution in [0.3, 0.4) is 0 Å². The number of hydrogen-bond donors (Lipinski definition) is 2. The molecule has 1 heterocycles. The molecule has 1 aromatic rings. The molecule has 0 saturated carbocycles. The van der Waals surface area contributed by atoms with Crippen LogP contribution in [0.5, 0.6) is 0 Å². The van der Waals surface area contributed by atoms with Gasteiger partial charge in [0.25, 0.3) is 5.69 Å². The molecule has 0 aliphatic carbocycles. The lowest BCUT2D eigenvalue weighted by atomic mass is 10.0. The molecule has 0 radical (unpaired) electrons. The normalized spacial score (nSPS) is 22.3. The molecule has 1 saturated heterocycles. The van der Waals surface area contributed by atoms with Gasteiger partial charge in [-0.25, -0.2) is 0 Å². The number of anilines is 1. The van der Waals surface area contributed by atoms with Gasteiger partial charge in [0.15, 0.2) is 0 Å². The molecule has 0 amide bonds. The molecule has 1 unspecified atom stereocenters. The van der Waals surface area contributed by atoms with E-state index in [2.05, 4.69) is 5.32 Å². The number of nitrogens with one attached hydrogen (secondary N) is 1. The number of benzene rings is 1. The van der Waals surface area contributed by atoms with Crippen LogP contribution in [0.15, 0.2) is 18.2 Å². The monoisotopic (exact) mass is 306 g/mol. The molecule has 1 atom stereocenters. The van der Waals surface area contributed by atoms with Crippen LogP contribution in [0.1, 0.15) is 12.0 Å². The van der Waals surface area contributed by atoms with Crippen LogP contribution in [-0.2, 0) is 10.9 Å². The maximum absolute atomic E-state index is 12.8. The summed E-state index contributed by atoms with van der Waals surface area (Å²) in [4.78, 5) is 9.55. The predicted octanol–water partition coefficient (Wildman–Crippen LogP) is 2.18. The van der Waals surface area contributed by atoms with Crippen molar-refractivity contribution in [2.45, 2.75) is 18.2 Å². The molecule has 6 nitrogen and oxygen atoms in total. The van der Waals surface area contributed by atoms with Crippen molar-refractivity contribution in [2.75, 3.05) is 25.1 Å². The first kappa shape index (κ1) is 15.5. The van der Waals surface area contributed by atoms with E-state index >= 15 is 0 Å². The molecule has 116 valence electrons. The van der Waals surface area contributed by atoms with Gasteiger partial charge in [0, 0.05) is 31.3 Å². The van der Waals surface area contributed by atoms with Gasteiger partial charge in [-0.15, -0.1) is 0 Å². The molecule has 2 N–H and O–H groups in total. The van der Waals surface area contributed by atoms with E-state index < -0.39 is 28.0 Å². The lowest BCUT2D eigenvalue weighted by Gasteiger charge is -2.21. The molecule has 1 aromatic carbocycles. The fourth-order valence-corrected chi connectivity index (χ4v) is 2.03. The van der Waals surface area contributed by atoms with Crippen LogP contribution < -0.4 is 5.32 Å². The van der Waals surface area contributed by atoms with Crippen LogP contribution >= 0.6 is 0 Å². The van der Waals surface area contributed by atoms with Crippen LogP contribution in [0, 0.1) is 10.1 Å². The summed E-state index contributed by atoms with van der Waals surface area (Å²) in [5.74, 6) is 0. The van der Waals surface area contributed by atoms with Gasteiger partial charge in [0.2, 0.25) is 0 Å². The van der Waals surface area contributed by atoms with Crippen molar-refractivity contribution >= 4 is 11.4 Å². The zero-order valence-corrected chi connectivity index (χ0v) is 10.8. The molecular weight excluding hydrogens is 293 g/mol. The van der Waals surface area contributed by atoms with Crippen molar-refractivity contribution in [3.8, 4) is 0 Å². The Balaban J connectivity index is 2.19. The van der Waals surface area contributed by atoms with Crippen LogP contribution in [0.4, 0.5) is 24.5 Å². The van der Waals surface area contributed by atoms with E-state index in [1.807, 2.05) is 0 Å². The minimum absolute atomic E-state index is 0.00209. The maximum Gasteiger partial charge on any atom is 0.423 e. The summed E-state index contributed by atoms with van der Waals surface area (Å²) >= 11 is 0. The summed E-state index contributed by atoms with van der Waals surface area (Å²) in [6, 6.07) is 2.63. The Bertz CT molecular complexity index is 542. The van der Waals surface area contributed by atoms with Crippen LogP contribution in [0.25, 0.3) is 0 Å². The van der Waals surface area contributed by atoms with Gasteiger partial charge in [-0.3, -0.25) is 10.1 Å². The highest BCUT2D eigenvalue weighted by Gasteiger charge is 2.38. The molecule has 21 heavy (non-hydrogen) atoms. The standard InChI is InChI=1S/C12H13F3N2O4/c13-12(14,15)9-5-8(1-2-10(9)17(19)20)16-6-11(18)3-4-21-7-11/h1-2,5,16,18H,3-4,6-7H2. The molecule has 0 aromatic heterocycles. The number of nitro benzene ring substituents is 1. The Morgan fingerprint density at radius 1 is 1.48 bits per heavy atom. The van der Waals surface area contributed by atoms with E-state index in [1.54, 1.807) is 0 Å². The minimum atomic E-state index is -4.83. The number of rotatable bonds is 4. The summed E-state index contributed by atoms with van der Waals surface area (Å²) in [5.41, 5.74) is -3.42. The number of hydrogen-bond acceptors (Lipinski definition) is 5. The first-order chi connectivity index (χ1) is 9.71. The largest absolute Gasteiger partial charge is 0.423 e. The summed E-state index contributed by atoms with van der Waals surface area (Å²) in [6.07, 6.45) is -4.45. The van der Waals surface area contributed by atoms with Gasteiger partial charge in [-0.1, -0.05) is 0 Å². The second kappa shape index (κ2) is 5.49. The lowest BCUT2D eigenvalue weighted by Crippen LogP contribution is -2.37. The van der Waals surface area contributed by atoms with E-state index in [1.165, 1.54) is 6.07 Å². The van der Waals surface area contributed by atoms with E-state index in [-0.39, 0.29) is 18.8 Å². The fraction of sp³-hybridized carbons (Fsp3) is 0.500. The molecular formula is C12H13F3N2O4. The Morgan fingerprint density at radius 2 is 2.19 bits per heavy atom. The first-order valence-electron chi connectivity index (χ1n) is 6.11. The third-order valence-electron chi connectivity index (χ3n) is 3.20. The third kappa shape index (κ3) is 3.61. The Hall–Kier alpha value is -1.87. The van der Waals surface area contributed by atoms with Crippen LogP contribution in [-0.4, -0.2) is 35.4 Å². The summed E-state index contributed by atoms with van der Waals surface area (Å²) in [6.45, 7) is 0.480. The molecule has 0 bridgehead atoms. The smallest absolute Gasteiger partial charge is 0.386 e. The van der Waals surface area contributed by atoms with Gasteiger partial charge < -0.3 is 15.2 Å². The number of aliphatic hydroxyl groups is 1. The average molecular weight is 306 g/mol. The number of ether oxygens (including phenoxy) is 1. The quantitative estimate of drug-likeness (QED) is 0.658. The van der Waals surface area contributed by atoms with Crippen LogP contribution in [0.2, 0.25) is 0 Å². The zero-order chi connectivity index (χ0) is 15.7. The fourth-order valence-electron chi connectivity index (χ4n) is 2.03. The Morgan fingerprint density at radius 3 is 2.71 bits per heavy atom. The topological polar surface area (TPSA) is 84.6 Å². The van der Waals surface area contributed by atoms with Gasteiger partial charge in [-0.05, 0) is 12.1 Å².